The first-order valence-corrected chi connectivity index (χ1v) is 10.4. The second-order valence-electron chi connectivity index (χ2n) is 8.61. The van der Waals surface area contributed by atoms with E-state index in [9.17, 15) is 14.4 Å². The molecule has 0 heterocycles. The molecule has 0 unspecified atom stereocenters. The highest BCUT2D eigenvalue weighted by Gasteiger charge is 2.55. The predicted molar refractivity (Wildman–Crippen MR) is 105 cm³/mol. The maximum atomic E-state index is 12.7. The van der Waals surface area contributed by atoms with Crippen LogP contribution in [0.15, 0.2) is 24.3 Å². The number of carbonyl (C=O) groups excluding carboxylic acids is 3. The first kappa shape index (κ1) is 20.0. The smallest absolute Gasteiger partial charge is 0.312 e. The molecule has 2 amide bonds. The molecule has 0 spiro atoms. The van der Waals surface area contributed by atoms with Gasteiger partial charge in [-0.1, -0.05) is 11.6 Å². The van der Waals surface area contributed by atoms with E-state index in [1.807, 2.05) is 0 Å². The average molecular weight is 421 g/mol. The Hall–Kier alpha value is -2.28. The third kappa shape index (κ3) is 4.66. The number of amides is 2. The quantitative estimate of drug-likeness (QED) is 0.545. The molecule has 4 saturated carbocycles. The predicted octanol–water partition coefficient (Wildman–Crippen LogP) is 2.63. The molecule has 4 aliphatic rings. The van der Waals surface area contributed by atoms with E-state index in [4.69, 9.17) is 21.1 Å². The molecule has 2 N–H and O–H groups in total. The van der Waals surface area contributed by atoms with Gasteiger partial charge in [-0.25, -0.2) is 0 Å². The van der Waals surface area contributed by atoms with E-state index in [0.717, 1.165) is 19.3 Å². The van der Waals surface area contributed by atoms with Crippen LogP contribution >= 0.6 is 11.6 Å². The number of hydrogen-bond acceptors (Lipinski definition) is 5. The molecule has 29 heavy (non-hydrogen) atoms. The number of halogens is 1. The summed E-state index contributed by atoms with van der Waals surface area (Å²) in [5, 5.41) is 0.567. The molecule has 4 bridgehead atoms. The SMILES string of the molecule is O=C(COC(=O)C12CC3CC(CC(C3)C1)C2)NNC(=O)COc1ccc(Cl)cc1. The number of esters is 1. The molecule has 1 aromatic carbocycles. The normalized spacial score (nSPS) is 29.2. The summed E-state index contributed by atoms with van der Waals surface area (Å²) < 4.78 is 10.6. The number of carbonyl (C=O) groups is 3. The van der Waals surface area contributed by atoms with Crippen LogP contribution in [0.25, 0.3) is 0 Å². The molecule has 0 atom stereocenters. The Bertz CT molecular complexity index is 759. The van der Waals surface area contributed by atoms with E-state index in [1.165, 1.54) is 19.3 Å². The number of hydrazine groups is 1. The Morgan fingerprint density at radius 3 is 1.97 bits per heavy atom. The highest BCUT2D eigenvalue weighted by atomic mass is 35.5. The maximum absolute atomic E-state index is 12.7. The topological polar surface area (TPSA) is 93.7 Å². The fourth-order valence-electron chi connectivity index (χ4n) is 5.54. The van der Waals surface area contributed by atoms with Gasteiger partial charge in [-0.2, -0.15) is 0 Å². The fourth-order valence-corrected chi connectivity index (χ4v) is 5.66. The summed E-state index contributed by atoms with van der Waals surface area (Å²) in [6.07, 6.45) is 6.36. The molecule has 0 aromatic heterocycles. The van der Waals surface area contributed by atoms with Crippen molar-refractivity contribution in [3.63, 3.8) is 0 Å². The van der Waals surface area contributed by atoms with Crippen LogP contribution in [0.5, 0.6) is 5.75 Å². The van der Waals surface area contributed by atoms with Crippen molar-refractivity contribution in [2.24, 2.45) is 23.2 Å². The van der Waals surface area contributed by atoms with Gasteiger partial charge in [0, 0.05) is 5.02 Å². The lowest BCUT2D eigenvalue weighted by molar-refractivity contribution is -0.173. The molecule has 156 valence electrons. The first-order valence-electron chi connectivity index (χ1n) is 10.1. The van der Waals surface area contributed by atoms with Crippen LogP contribution in [0.4, 0.5) is 0 Å². The lowest BCUT2D eigenvalue weighted by Gasteiger charge is -2.55. The monoisotopic (exact) mass is 420 g/mol. The van der Waals surface area contributed by atoms with E-state index in [1.54, 1.807) is 24.3 Å². The van der Waals surface area contributed by atoms with Gasteiger partial charge in [0.05, 0.1) is 5.41 Å². The number of hydrogen-bond donors (Lipinski definition) is 2. The van der Waals surface area contributed by atoms with E-state index in [2.05, 4.69) is 10.9 Å². The summed E-state index contributed by atoms with van der Waals surface area (Å²) in [5.41, 5.74) is 4.08. The third-order valence-corrected chi connectivity index (χ3v) is 6.58. The molecule has 4 fully saturated rings. The zero-order valence-electron chi connectivity index (χ0n) is 16.1. The van der Waals surface area contributed by atoms with Crippen LogP contribution in [-0.4, -0.2) is 31.0 Å². The van der Waals surface area contributed by atoms with Gasteiger partial charge < -0.3 is 9.47 Å². The molecule has 4 aliphatic carbocycles. The lowest BCUT2D eigenvalue weighted by Crippen LogP contribution is -2.51. The minimum Gasteiger partial charge on any atom is -0.484 e. The van der Waals surface area contributed by atoms with Crippen LogP contribution in [0.2, 0.25) is 5.02 Å². The van der Waals surface area contributed by atoms with E-state index in [0.29, 0.717) is 28.5 Å². The van der Waals surface area contributed by atoms with E-state index < -0.39 is 23.8 Å². The zero-order valence-corrected chi connectivity index (χ0v) is 16.9. The summed E-state index contributed by atoms with van der Waals surface area (Å²) in [6.45, 7) is -0.673. The molecule has 1 aromatic rings. The minimum absolute atomic E-state index is 0.260. The van der Waals surface area contributed by atoms with E-state index >= 15 is 0 Å². The number of nitrogens with one attached hydrogen (secondary N) is 2. The molecular formula is C21H25ClN2O5. The van der Waals surface area contributed by atoms with Gasteiger partial charge in [-0.3, -0.25) is 25.2 Å². The van der Waals surface area contributed by atoms with Crippen LogP contribution in [0.1, 0.15) is 38.5 Å². The number of benzene rings is 1. The lowest BCUT2D eigenvalue weighted by atomic mass is 9.49. The van der Waals surface area contributed by atoms with Gasteiger partial charge in [0.2, 0.25) is 0 Å². The zero-order chi connectivity index (χ0) is 20.4. The molecular weight excluding hydrogens is 396 g/mol. The highest BCUT2D eigenvalue weighted by Crippen LogP contribution is 2.60. The van der Waals surface area contributed by atoms with Crippen molar-refractivity contribution in [2.75, 3.05) is 13.2 Å². The standard InChI is InChI=1S/C21H25ClN2O5/c22-16-1-3-17(4-2-16)28-11-18(25)23-24-19(26)12-29-20(27)21-8-13-5-14(9-21)7-15(6-13)10-21/h1-4,13-15H,5-12H2,(H,23,25)(H,24,26). The largest absolute Gasteiger partial charge is 0.484 e. The minimum atomic E-state index is -0.581. The average Bonchev–Trinajstić information content (AvgIpc) is 2.69. The van der Waals surface area contributed by atoms with Crippen molar-refractivity contribution in [3.8, 4) is 5.75 Å². The van der Waals surface area contributed by atoms with E-state index in [-0.39, 0.29) is 12.6 Å². The van der Waals surface area contributed by atoms with Crippen molar-refractivity contribution < 1.29 is 23.9 Å². The van der Waals surface area contributed by atoms with Gasteiger partial charge in [0.25, 0.3) is 11.8 Å². The van der Waals surface area contributed by atoms with Crippen LogP contribution in [0.3, 0.4) is 0 Å². The summed E-state index contributed by atoms with van der Waals surface area (Å²) in [4.78, 5) is 36.4. The Balaban J connectivity index is 1.17. The van der Waals surface area contributed by atoms with Crippen LogP contribution in [0, 0.1) is 23.2 Å². The summed E-state index contributed by atoms with van der Waals surface area (Å²) in [5.74, 6) is 1.00. The summed E-state index contributed by atoms with van der Waals surface area (Å²) in [7, 11) is 0. The molecule has 5 rings (SSSR count). The number of ether oxygens (including phenoxy) is 2. The van der Waals surface area contributed by atoms with Crippen LogP contribution in [-0.2, 0) is 19.1 Å². The van der Waals surface area contributed by atoms with Gasteiger partial charge in [0.15, 0.2) is 13.2 Å². The van der Waals surface area contributed by atoms with Crippen molar-refractivity contribution >= 4 is 29.4 Å². The second kappa shape index (κ2) is 8.22. The Kier molecular flexibility index (Phi) is 5.67. The van der Waals surface area contributed by atoms with Crippen molar-refractivity contribution in [1.29, 1.82) is 0 Å². The number of rotatable bonds is 6. The molecule has 0 aliphatic heterocycles. The second-order valence-corrected chi connectivity index (χ2v) is 9.05. The molecule has 0 radical (unpaired) electrons. The summed E-state index contributed by atoms with van der Waals surface area (Å²) >= 11 is 5.78. The van der Waals surface area contributed by atoms with Crippen LogP contribution < -0.4 is 15.6 Å². The first-order chi connectivity index (χ1) is 13.9. The Morgan fingerprint density at radius 1 is 0.897 bits per heavy atom. The third-order valence-electron chi connectivity index (χ3n) is 6.33. The van der Waals surface area contributed by atoms with Crippen molar-refractivity contribution in [2.45, 2.75) is 38.5 Å². The highest BCUT2D eigenvalue weighted by molar-refractivity contribution is 6.30. The van der Waals surface area contributed by atoms with Gasteiger partial charge in [-0.15, -0.1) is 0 Å². The van der Waals surface area contributed by atoms with Gasteiger partial charge >= 0.3 is 5.97 Å². The van der Waals surface area contributed by atoms with Crippen molar-refractivity contribution in [3.05, 3.63) is 29.3 Å². The van der Waals surface area contributed by atoms with Gasteiger partial charge in [-0.05, 0) is 80.5 Å². The Morgan fingerprint density at radius 2 is 1.41 bits per heavy atom. The maximum Gasteiger partial charge on any atom is 0.312 e. The molecule has 8 heteroatoms. The molecule has 7 nitrogen and oxygen atoms in total. The fraction of sp³-hybridized carbons (Fsp3) is 0.571. The molecule has 0 saturated heterocycles. The van der Waals surface area contributed by atoms with Crippen molar-refractivity contribution in [1.82, 2.24) is 10.9 Å². The summed E-state index contributed by atoms with van der Waals surface area (Å²) in [6, 6.07) is 6.57. The Labute approximate surface area is 174 Å². The van der Waals surface area contributed by atoms with Gasteiger partial charge in [0.1, 0.15) is 5.75 Å².